The van der Waals surface area contributed by atoms with Crippen LogP contribution < -0.4 is 5.32 Å². The molecular formula is C22H28N2O2S. The van der Waals surface area contributed by atoms with Gasteiger partial charge in [-0.25, -0.2) is 0 Å². The van der Waals surface area contributed by atoms with E-state index in [1.807, 2.05) is 11.4 Å². The topological polar surface area (TPSA) is 49.4 Å². The molecule has 0 saturated carbocycles. The third kappa shape index (κ3) is 6.29. The van der Waals surface area contributed by atoms with E-state index in [-0.39, 0.29) is 24.5 Å². The van der Waals surface area contributed by atoms with Gasteiger partial charge in [0.2, 0.25) is 5.91 Å². The normalized spacial score (nSPS) is 15.6. The Bertz CT molecular complexity index is 732. The number of amides is 1. The molecule has 0 spiro atoms. The number of carbonyl (C=O) groups excluding carboxylic acids is 2. The Balaban J connectivity index is 1.38. The molecular weight excluding hydrogens is 356 g/mol. The molecule has 0 atom stereocenters. The van der Waals surface area contributed by atoms with Crippen molar-refractivity contribution >= 4 is 23.0 Å². The molecule has 1 aliphatic rings. The summed E-state index contributed by atoms with van der Waals surface area (Å²) in [5.41, 5.74) is 2.41. The third-order valence-electron chi connectivity index (χ3n) is 5.17. The Kier molecular flexibility index (Phi) is 7.18. The van der Waals surface area contributed by atoms with Crippen LogP contribution in [-0.4, -0.2) is 29.7 Å². The molecule has 1 aromatic carbocycles. The Hall–Kier alpha value is -1.98. The zero-order valence-electron chi connectivity index (χ0n) is 15.9. The highest BCUT2D eigenvalue weighted by Gasteiger charge is 2.15. The van der Waals surface area contributed by atoms with Crippen molar-refractivity contribution in [2.24, 2.45) is 5.92 Å². The summed E-state index contributed by atoms with van der Waals surface area (Å²) in [6.07, 6.45) is 3.08. The molecule has 1 aliphatic heterocycles. The highest BCUT2D eigenvalue weighted by atomic mass is 32.1. The maximum Gasteiger partial charge on any atom is 0.220 e. The molecule has 1 aromatic heterocycles. The molecule has 2 heterocycles. The fourth-order valence-electron chi connectivity index (χ4n) is 3.32. The fraction of sp³-hybridized carbons (Fsp3) is 0.455. The van der Waals surface area contributed by atoms with Crippen LogP contribution in [0.25, 0.3) is 0 Å². The van der Waals surface area contributed by atoms with Crippen molar-refractivity contribution in [3.63, 3.8) is 0 Å². The summed E-state index contributed by atoms with van der Waals surface area (Å²) in [6, 6.07) is 12.1. The summed E-state index contributed by atoms with van der Waals surface area (Å²) in [4.78, 5) is 27.1. The fourth-order valence-corrected chi connectivity index (χ4v) is 4.01. The lowest BCUT2D eigenvalue weighted by atomic mass is 9.99. The van der Waals surface area contributed by atoms with Gasteiger partial charge in [-0.2, -0.15) is 0 Å². The van der Waals surface area contributed by atoms with Crippen LogP contribution >= 0.6 is 11.3 Å². The lowest BCUT2D eigenvalue weighted by Gasteiger charge is -2.30. The molecule has 144 valence electrons. The smallest absolute Gasteiger partial charge is 0.220 e. The lowest BCUT2D eigenvalue weighted by molar-refractivity contribution is -0.121. The molecule has 4 nitrogen and oxygen atoms in total. The van der Waals surface area contributed by atoms with E-state index >= 15 is 0 Å². The highest BCUT2D eigenvalue weighted by molar-refractivity contribution is 7.12. The second-order valence-electron chi connectivity index (χ2n) is 7.45. The van der Waals surface area contributed by atoms with Crippen LogP contribution in [0, 0.1) is 5.92 Å². The van der Waals surface area contributed by atoms with Crippen LogP contribution in [0.5, 0.6) is 0 Å². The Morgan fingerprint density at radius 1 is 1.07 bits per heavy atom. The second kappa shape index (κ2) is 9.81. The van der Waals surface area contributed by atoms with Crippen molar-refractivity contribution in [2.75, 3.05) is 13.1 Å². The van der Waals surface area contributed by atoms with E-state index in [2.05, 4.69) is 41.4 Å². The average molecular weight is 385 g/mol. The van der Waals surface area contributed by atoms with Crippen LogP contribution in [0.3, 0.4) is 0 Å². The molecule has 1 N–H and O–H groups in total. The molecule has 27 heavy (non-hydrogen) atoms. The Morgan fingerprint density at radius 2 is 1.78 bits per heavy atom. The molecule has 0 radical (unpaired) electrons. The zero-order valence-corrected chi connectivity index (χ0v) is 16.8. The molecule has 0 unspecified atom stereocenters. The zero-order chi connectivity index (χ0) is 19.1. The number of likely N-dealkylation sites (tertiary alicyclic amines) is 1. The van der Waals surface area contributed by atoms with Crippen molar-refractivity contribution in [1.82, 2.24) is 10.2 Å². The monoisotopic (exact) mass is 384 g/mol. The van der Waals surface area contributed by atoms with Crippen LogP contribution in [0.1, 0.15) is 53.4 Å². The van der Waals surface area contributed by atoms with Gasteiger partial charge in [0.25, 0.3) is 0 Å². The minimum atomic E-state index is -0.0774. The van der Waals surface area contributed by atoms with Gasteiger partial charge in [0.15, 0.2) is 5.78 Å². The van der Waals surface area contributed by atoms with Gasteiger partial charge < -0.3 is 5.32 Å². The van der Waals surface area contributed by atoms with E-state index in [0.29, 0.717) is 6.54 Å². The summed E-state index contributed by atoms with van der Waals surface area (Å²) < 4.78 is 0. The molecule has 0 bridgehead atoms. The molecule has 2 aromatic rings. The standard InChI is InChI=1S/C22H28N2O2S/c1-17-10-12-24(13-11-17)16-19-6-4-18(5-7-19)15-23-22(26)9-8-20(25)21-3-2-14-27-21/h2-7,14,17H,8-13,15-16H2,1H3,(H,23,26). The number of rotatable bonds is 8. The van der Waals surface area contributed by atoms with Gasteiger partial charge >= 0.3 is 0 Å². The summed E-state index contributed by atoms with van der Waals surface area (Å²) in [5.74, 6) is 0.816. The van der Waals surface area contributed by atoms with Crippen LogP contribution in [0.4, 0.5) is 0 Å². The van der Waals surface area contributed by atoms with E-state index in [1.54, 1.807) is 6.07 Å². The number of nitrogens with zero attached hydrogens (tertiary/aromatic N) is 1. The molecule has 1 saturated heterocycles. The first kappa shape index (κ1) is 19.8. The van der Waals surface area contributed by atoms with Crippen molar-refractivity contribution in [1.29, 1.82) is 0 Å². The summed E-state index contributed by atoms with van der Waals surface area (Å²) >= 11 is 1.42. The summed E-state index contributed by atoms with van der Waals surface area (Å²) in [7, 11) is 0. The van der Waals surface area contributed by atoms with Crippen molar-refractivity contribution < 1.29 is 9.59 Å². The van der Waals surface area contributed by atoms with E-state index in [4.69, 9.17) is 0 Å². The summed E-state index contributed by atoms with van der Waals surface area (Å²) in [5, 5.41) is 4.78. The highest BCUT2D eigenvalue weighted by Crippen LogP contribution is 2.18. The molecule has 5 heteroatoms. The van der Waals surface area contributed by atoms with Gasteiger partial charge in [-0.1, -0.05) is 37.3 Å². The van der Waals surface area contributed by atoms with Crippen LogP contribution in [0.15, 0.2) is 41.8 Å². The minimum absolute atomic E-state index is 0.0385. The predicted molar refractivity (Wildman–Crippen MR) is 110 cm³/mol. The number of nitrogens with one attached hydrogen (secondary N) is 1. The number of benzene rings is 1. The Morgan fingerprint density at radius 3 is 2.44 bits per heavy atom. The quantitative estimate of drug-likeness (QED) is 0.692. The van der Waals surface area contributed by atoms with E-state index in [0.717, 1.165) is 22.9 Å². The maximum atomic E-state index is 12.0. The molecule has 1 fully saturated rings. The number of carbonyl (C=O) groups is 2. The van der Waals surface area contributed by atoms with Gasteiger partial charge in [-0.15, -0.1) is 11.3 Å². The van der Waals surface area contributed by atoms with Crippen molar-refractivity contribution in [2.45, 2.75) is 45.7 Å². The minimum Gasteiger partial charge on any atom is -0.352 e. The first-order valence-electron chi connectivity index (χ1n) is 9.74. The van der Waals surface area contributed by atoms with Gasteiger partial charge in [0.05, 0.1) is 4.88 Å². The predicted octanol–water partition coefficient (Wildman–Crippen LogP) is 4.26. The summed E-state index contributed by atoms with van der Waals surface area (Å²) in [6.45, 7) is 6.21. The van der Waals surface area contributed by atoms with E-state index < -0.39 is 0 Å². The average Bonchev–Trinajstić information content (AvgIpc) is 3.22. The number of piperidine rings is 1. The number of ketones is 1. The SMILES string of the molecule is CC1CCN(Cc2ccc(CNC(=O)CCC(=O)c3cccs3)cc2)CC1. The maximum absolute atomic E-state index is 12.0. The Labute approximate surface area is 165 Å². The molecule has 3 rings (SSSR count). The third-order valence-corrected chi connectivity index (χ3v) is 6.08. The first-order chi connectivity index (χ1) is 13.1. The largest absolute Gasteiger partial charge is 0.352 e. The van der Waals surface area contributed by atoms with Gasteiger partial charge in [-0.3, -0.25) is 14.5 Å². The number of hydrogen-bond donors (Lipinski definition) is 1. The number of hydrogen-bond acceptors (Lipinski definition) is 4. The van der Waals surface area contributed by atoms with Crippen molar-refractivity contribution in [3.05, 3.63) is 57.8 Å². The second-order valence-corrected chi connectivity index (χ2v) is 8.40. The number of thiophene rings is 1. The van der Waals surface area contributed by atoms with E-state index in [1.165, 1.54) is 42.8 Å². The lowest BCUT2D eigenvalue weighted by Crippen LogP contribution is -2.32. The van der Waals surface area contributed by atoms with E-state index in [9.17, 15) is 9.59 Å². The van der Waals surface area contributed by atoms with Gasteiger partial charge in [0, 0.05) is 25.9 Å². The van der Waals surface area contributed by atoms with Crippen LogP contribution in [0.2, 0.25) is 0 Å². The first-order valence-corrected chi connectivity index (χ1v) is 10.6. The number of Topliss-reactive ketones (excluding diaryl/α,β-unsaturated/α-hetero) is 1. The molecule has 1 amide bonds. The van der Waals surface area contributed by atoms with Crippen molar-refractivity contribution in [3.8, 4) is 0 Å². The van der Waals surface area contributed by atoms with Crippen LogP contribution in [-0.2, 0) is 17.9 Å². The van der Waals surface area contributed by atoms with Gasteiger partial charge in [-0.05, 0) is 54.4 Å². The van der Waals surface area contributed by atoms with Gasteiger partial charge in [0.1, 0.15) is 0 Å². The molecule has 0 aliphatic carbocycles.